The van der Waals surface area contributed by atoms with Gasteiger partial charge in [0.15, 0.2) is 5.60 Å². The Labute approximate surface area is 101 Å². The molecular weight excluding hydrogens is 244 g/mol. The van der Waals surface area contributed by atoms with E-state index < -0.39 is 5.60 Å². The van der Waals surface area contributed by atoms with Gasteiger partial charge in [0.1, 0.15) is 0 Å². The summed E-state index contributed by atoms with van der Waals surface area (Å²) < 4.78 is 4.43. The molecule has 9 nitrogen and oxygen atoms in total. The number of aliphatic hydroxyl groups is 1. The van der Waals surface area contributed by atoms with Crippen molar-refractivity contribution in [1.82, 2.24) is 5.16 Å². The van der Waals surface area contributed by atoms with Crippen molar-refractivity contribution >= 4 is 11.4 Å². The second-order valence-corrected chi connectivity index (χ2v) is 4.14. The average molecular weight is 256 g/mol. The fourth-order valence-electron chi connectivity index (χ4n) is 2.09. The Bertz CT molecular complexity index is 523. The molecule has 0 aliphatic heterocycles. The van der Waals surface area contributed by atoms with Gasteiger partial charge in [-0.25, -0.2) is 0 Å². The lowest BCUT2D eigenvalue weighted by atomic mass is 9.80. The minimum absolute atomic E-state index is 0.0143. The van der Waals surface area contributed by atoms with Gasteiger partial charge in [-0.3, -0.25) is 4.63 Å². The van der Waals surface area contributed by atoms with Gasteiger partial charge in [-0.1, -0.05) is 10.3 Å². The van der Waals surface area contributed by atoms with Crippen molar-refractivity contribution in [2.75, 3.05) is 0 Å². The fraction of sp³-hybridized carbons (Fsp3) is 0.556. The summed E-state index contributed by atoms with van der Waals surface area (Å²) in [5, 5.41) is 48.9. The van der Waals surface area contributed by atoms with E-state index in [2.05, 4.69) is 20.1 Å². The Morgan fingerprint density at radius 1 is 1.56 bits per heavy atom. The Kier molecular flexibility index (Phi) is 2.91. The van der Waals surface area contributed by atoms with Crippen molar-refractivity contribution in [3.8, 4) is 0 Å². The molecule has 1 aliphatic carbocycles. The zero-order chi connectivity index (χ0) is 13.3. The molecule has 0 radical (unpaired) electrons. The predicted molar refractivity (Wildman–Crippen MR) is 56.4 cm³/mol. The van der Waals surface area contributed by atoms with Crippen molar-refractivity contribution < 1.29 is 25.1 Å². The van der Waals surface area contributed by atoms with E-state index in [1.54, 1.807) is 0 Å². The first-order chi connectivity index (χ1) is 8.52. The van der Waals surface area contributed by atoms with Crippen molar-refractivity contribution in [2.45, 2.75) is 31.8 Å². The minimum atomic E-state index is -1.79. The zero-order valence-corrected chi connectivity index (χ0v) is 9.57. The van der Waals surface area contributed by atoms with Gasteiger partial charge in [0.2, 0.25) is 5.69 Å². The highest BCUT2D eigenvalue weighted by atomic mass is 16.8. The molecule has 0 saturated heterocycles. The van der Waals surface area contributed by atoms with E-state index in [4.69, 9.17) is 10.4 Å². The highest BCUT2D eigenvalue weighted by Crippen LogP contribution is 2.34. The Morgan fingerprint density at radius 3 is 2.89 bits per heavy atom. The third-order valence-corrected chi connectivity index (χ3v) is 2.97. The van der Waals surface area contributed by atoms with Gasteiger partial charge >= 0.3 is 0 Å². The lowest BCUT2D eigenvalue weighted by Gasteiger charge is -2.27. The Balaban J connectivity index is 2.53. The lowest BCUT2D eigenvalue weighted by Crippen LogP contribution is -2.44. The molecule has 0 spiro atoms. The minimum Gasteiger partial charge on any atom is -0.411 e. The molecule has 0 saturated carbocycles. The third kappa shape index (κ3) is 1.68. The van der Waals surface area contributed by atoms with Crippen molar-refractivity contribution in [3.63, 3.8) is 0 Å². The van der Waals surface area contributed by atoms with E-state index in [1.165, 1.54) is 6.92 Å². The monoisotopic (exact) mass is 256 g/mol. The summed E-state index contributed by atoms with van der Waals surface area (Å²) in [6, 6.07) is 0. The van der Waals surface area contributed by atoms with E-state index >= 15 is 0 Å². The van der Waals surface area contributed by atoms with Gasteiger partial charge < -0.3 is 20.7 Å². The molecular formula is C9H12N4O5. The molecule has 98 valence electrons. The second-order valence-electron chi connectivity index (χ2n) is 4.14. The molecule has 1 aliphatic rings. The summed E-state index contributed by atoms with van der Waals surface area (Å²) in [6.45, 7) is 1.48. The van der Waals surface area contributed by atoms with Crippen LogP contribution in [0, 0.1) is 5.21 Å². The number of hydrogen-bond donors (Lipinski definition) is 3. The fourth-order valence-corrected chi connectivity index (χ4v) is 2.09. The summed E-state index contributed by atoms with van der Waals surface area (Å²) in [5.74, 6) is 0. The Hall–Kier alpha value is -2.16. The van der Waals surface area contributed by atoms with E-state index in [0.29, 0.717) is 0 Å². The molecule has 0 aromatic carbocycles. The van der Waals surface area contributed by atoms with Crippen LogP contribution in [0.2, 0.25) is 0 Å². The largest absolute Gasteiger partial charge is 0.411 e. The SMILES string of the molecule is C/C(C[C@@]1(O)/C(=N\O)CCc2c1no[n+]2[O-])=N/O. The van der Waals surface area contributed by atoms with Crippen LogP contribution in [0.5, 0.6) is 0 Å². The van der Waals surface area contributed by atoms with Crippen LogP contribution >= 0.6 is 0 Å². The number of nitrogens with zero attached hydrogens (tertiary/aromatic N) is 4. The molecule has 1 atom stereocenters. The van der Waals surface area contributed by atoms with Crippen LogP contribution in [-0.2, 0) is 12.0 Å². The van der Waals surface area contributed by atoms with Crippen LogP contribution in [0.1, 0.15) is 31.2 Å². The van der Waals surface area contributed by atoms with E-state index in [1.807, 2.05) is 0 Å². The van der Waals surface area contributed by atoms with Crippen LogP contribution in [0.25, 0.3) is 0 Å². The van der Waals surface area contributed by atoms with Crippen LogP contribution in [0.4, 0.5) is 0 Å². The van der Waals surface area contributed by atoms with Gasteiger partial charge in [-0.2, -0.15) is 0 Å². The van der Waals surface area contributed by atoms with Crippen LogP contribution in [-0.4, -0.2) is 32.1 Å². The highest BCUT2D eigenvalue weighted by Gasteiger charge is 2.49. The molecule has 0 unspecified atom stereocenters. The molecule has 0 amide bonds. The van der Waals surface area contributed by atoms with Crippen molar-refractivity contribution in [3.05, 3.63) is 16.6 Å². The normalized spacial score (nSPS) is 26.3. The maximum Gasteiger partial charge on any atom is 0.258 e. The topological polar surface area (TPSA) is 138 Å². The molecule has 0 fully saturated rings. The van der Waals surface area contributed by atoms with Gasteiger partial charge in [-0.05, 0) is 11.8 Å². The molecule has 1 aromatic rings. The molecule has 1 heterocycles. The third-order valence-electron chi connectivity index (χ3n) is 2.97. The Morgan fingerprint density at radius 2 is 2.28 bits per heavy atom. The zero-order valence-electron chi connectivity index (χ0n) is 9.57. The summed E-state index contributed by atoms with van der Waals surface area (Å²) in [4.78, 5) is 0.208. The summed E-state index contributed by atoms with van der Waals surface area (Å²) >= 11 is 0. The maximum absolute atomic E-state index is 11.3. The molecule has 3 N–H and O–H groups in total. The number of rotatable bonds is 2. The van der Waals surface area contributed by atoms with Crippen molar-refractivity contribution in [2.24, 2.45) is 10.3 Å². The number of fused-ring (bicyclic) bond motifs is 1. The standard InChI is InChI=1S/C9H12N4O5/c1-5(10-15)4-9(14)7(11-16)3-2-6-8(9)12-18-13(6)17/h14-16H,2-4H2,1H3/b10-5-,11-7-/t9-/m1/s1. The molecule has 9 heteroatoms. The summed E-state index contributed by atoms with van der Waals surface area (Å²) in [5.41, 5.74) is -1.38. The van der Waals surface area contributed by atoms with E-state index in [9.17, 15) is 10.3 Å². The van der Waals surface area contributed by atoms with E-state index in [-0.39, 0.29) is 47.0 Å². The number of hydrogen-bond acceptors (Lipinski definition) is 8. The van der Waals surface area contributed by atoms with Gasteiger partial charge in [0.05, 0.1) is 11.4 Å². The first-order valence-electron chi connectivity index (χ1n) is 5.23. The van der Waals surface area contributed by atoms with Crippen LogP contribution < -0.4 is 4.90 Å². The number of aromatic nitrogens is 2. The molecule has 1 aromatic heterocycles. The molecule has 2 rings (SSSR count). The quantitative estimate of drug-likeness (QED) is 0.282. The van der Waals surface area contributed by atoms with Crippen LogP contribution in [0.3, 0.4) is 0 Å². The lowest BCUT2D eigenvalue weighted by molar-refractivity contribution is -0.808. The highest BCUT2D eigenvalue weighted by molar-refractivity contribution is 5.98. The molecule has 18 heavy (non-hydrogen) atoms. The molecule has 0 bridgehead atoms. The smallest absolute Gasteiger partial charge is 0.258 e. The predicted octanol–water partition coefficient (Wildman–Crippen LogP) is -0.488. The van der Waals surface area contributed by atoms with Gasteiger partial charge in [-0.15, -0.1) is 0 Å². The summed E-state index contributed by atoms with van der Waals surface area (Å²) in [6.07, 6.45) is 0.282. The van der Waals surface area contributed by atoms with E-state index in [0.717, 1.165) is 0 Å². The maximum atomic E-state index is 11.3. The van der Waals surface area contributed by atoms with Crippen LogP contribution in [0.15, 0.2) is 14.9 Å². The number of oxime groups is 2. The summed E-state index contributed by atoms with van der Waals surface area (Å²) in [7, 11) is 0. The first kappa shape index (κ1) is 12.3. The second kappa shape index (κ2) is 4.26. The average Bonchev–Trinajstić information content (AvgIpc) is 2.72. The van der Waals surface area contributed by atoms with Gasteiger partial charge in [0, 0.05) is 24.4 Å². The van der Waals surface area contributed by atoms with Crippen molar-refractivity contribution in [1.29, 1.82) is 0 Å². The van der Waals surface area contributed by atoms with Gasteiger partial charge in [0.25, 0.3) is 5.69 Å². The first-order valence-corrected chi connectivity index (χ1v) is 5.23.